The van der Waals surface area contributed by atoms with E-state index in [4.69, 9.17) is 11.6 Å². The minimum Gasteiger partial charge on any atom is -0.390 e. The molecule has 1 saturated heterocycles. The Morgan fingerprint density at radius 2 is 1.86 bits per heavy atom. The van der Waals surface area contributed by atoms with Crippen LogP contribution in [0.1, 0.15) is 43.0 Å². The van der Waals surface area contributed by atoms with Gasteiger partial charge in [-0.1, -0.05) is 23.7 Å². The van der Waals surface area contributed by atoms with Crippen molar-refractivity contribution >= 4 is 23.2 Å². The maximum Gasteiger partial charge on any atom is 0.254 e. The molecule has 0 unspecified atom stereocenters. The first-order valence-electron chi connectivity index (χ1n) is 12.2. The molecular weight excluding hydrogens is 500 g/mol. The fourth-order valence-corrected chi connectivity index (χ4v) is 6.50. The summed E-state index contributed by atoms with van der Waals surface area (Å²) in [5, 5.41) is 14.0. The maximum absolute atomic E-state index is 15.1. The Balaban J connectivity index is 1.32. The van der Waals surface area contributed by atoms with Crippen molar-refractivity contribution in [1.29, 1.82) is 0 Å². The van der Waals surface area contributed by atoms with E-state index in [0.717, 1.165) is 25.7 Å². The van der Waals surface area contributed by atoms with Gasteiger partial charge in [-0.2, -0.15) is 4.39 Å². The van der Waals surface area contributed by atoms with E-state index in [2.05, 4.69) is 10.1 Å². The van der Waals surface area contributed by atoms with Gasteiger partial charge in [0, 0.05) is 49.2 Å². The number of carbonyl (C=O) groups is 1. The van der Waals surface area contributed by atoms with Gasteiger partial charge >= 0.3 is 0 Å². The quantitative estimate of drug-likeness (QED) is 0.404. The fraction of sp³-hybridized carbons (Fsp3) is 0.370. The number of hydrogen-bond acceptors (Lipinski definition) is 4. The lowest BCUT2D eigenvalue weighted by Gasteiger charge is -2.55. The van der Waals surface area contributed by atoms with Crippen molar-refractivity contribution in [1.82, 2.24) is 24.1 Å². The number of benzene rings is 1. The molecular formula is C27H26ClF2N5O2. The number of rotatable bonds is 3. The molecule has 37 heavy (non-hydrogen) atoms. The van der Waals surface area contributed by atoms with E-state index in [9.17, 15) is 14.3 Å². The van der Waals surface area contributed by atoms with E-state index >= 15 is 4.39 Å². The normalized spacial score (nSPS) is 18.4. The Hall–Kier alpha value is -3.30. The molecule has 7 nitrogen and oxygen atoms in total. The summed E-state index contributed by atoms with van der Waals surface area (Å²) in [7, 11) is 1.58. The van der Waals surface area contributed by atoms with Crippen molar-refractivity contribution in [3.8, 4) is 22.4 Å². The van der Waals surface area contributed by atoms with Crippen molar-refractivity contribution in [3.05, 3.63) is 65.2 Å². The van der Waals surface area contributed by atoms with Crippen LogP contribution in [0.25, 0.3) is 28.0 Å². The number of likely N-dealkylation sites (tertiary alicyclic amines) is 1. The average Bonchev–Trinajstić information content (AvgIpc) is 3.35. The van der Waals surface area contributed by atoms with Crippen molar-refractivity contribution < 1.29 is 18.7 Å². The monoisotopic (exact) mass is 525 g/mol. The topological polar surface area (TPSA) is 75.7 Å². The predicted molar refractivity (Wildman–Crippen MR) is 135 cm³/mol. The maximum atomic E-state index is 15.1. The largest absolute Gasteiger partial charge is 0.390 e. The standard InChI is InChI=1S/C27H26ClF2N5O2/c1-26(37)14-27(15-26)7-10-34(11-8-27)25(36)16-6-9-35-20(12-16)31-22(23(35)28)21-17(4-3-5-19(21)29)18-13-33(2)32-24(18)30/h3-6,9,12-13,37H,7-8,10-11,14-15H2,1-2H3. The minimum atomic E-state index is -0.726. The SMILES string of the molecule is Cn1cc(-c2cccc(F)c2-c2nc3cc(C(=O)N4CCC5(CC4)CC(C)(O)C5)ccn3c2Cl)c(F)n1. The number of piperidine rings is 1. The van der Waals surface area contributed by atoms with Crippen LogP contribution in [0.5, 0.6) is 0 Å². The zero-order valence-corrected chi connectivity index (χ0v) is 21.3. The number of carbonyl (C=O) groups excluding carboxylic acids is 1. The van der Waals surface area contributed by atoms with Crippen LogP contribution in [0, 0.1) is 17.2 Å². The Kier molecular flexibility index (Phi) is 5.44. The summed E-state index contributed by atoms with van der Waals surface area (Å²) in [6.07, 6.45) is 6.42. The van der Waals surface area contributed by atoms with Crippen LogP contribution in [0.15, 0.2) is 42.7 Å². The van der Waals surface area contributed by atoms with Gasteiger partial charge < -0.3 is 10.0 Å². The molecule has 1 aliphatic heterocycles. The third-order valence-electron chi connectivity index (χ3n) is 7.76. The van der Waals surface area contributed by atoms with Crippen LogP contribution in [0.3, 0.4) is 0 Å². The second-order valence-electron chi connectivity index (χ2n) is 10.7. The number of imidazole rings is 1. The number of fused-ring (bicyclic) bond motifs is 1. The van der Waals surface area contributed by atoms with E-state index in [0.29, 0.717) is 24.3 Å². The highest BCUT2D eigenvalue weighted by atomic mass is 35.5. The molecule has 1 amide bonds. The van der Waals surface area contributed by atoms with E-state index in [1.807, 2.05) is 11.8 Å². The number of hydrogen-bond donors (Lipinski definition) is 1. The zero-order chi connectivity index (χ0) is 26.1. The summed E-state index contributed by atoms with van der Waals surface area (Å²) in [6, 6.07) is 7.68. The molecule has 0 atom stereocenters. The van der Waals surface area contributed by atoms with Crippen LogP contribution >= 0.6 is 11.6 Å². The molecule has 4 aromatic rings. The average molecular weight is 526 g/mol. The third-order valence-corrected chi connectivity index (χ3v) is 8.12. The van der Waals surface area contributed by atoms with Crippen molar-refractivity contribution in [3.63, 3.8) is 0 Å². The molecule has 0 radical (unpaired) electrons. The molecule has 1 aromatic carbocycles. The number of nitrogens with zero attached hydrogens (tertiary/aromatic N) is 5. The third kappa shape index (κ3) is 4.01. The Labute approximate surface area is 217 Å². The molecule has 3 aromatic heterocycles. The first-order valence-corrected chi connectivity index (χ1v) is 12.6. The zero-order valence-electron chi connectivity index (χ0n) is 20.5. The van der Waals surface area contributed by atoms with Crippen LogP contribution in [0.4, 0.5) is 8.78 Å². The van der Waals surface area contributed by atoms with Crippen molar-refractivity contribution in [2.45, 2.75) is 38.2 Å². The molecule has 1 aliphatic carbocycles. The second kappa shape index (κ2) is 8.36. The van der Waals surface area contributed by atoms with E-state index in [1.165, 1.54) is 23.0 Å². The lowest BCUT2D eigenvalue weighted by atomic mass is 9.56. The molecule has 2 fully saturated rings. The van der Waals surface area contributed by atoms with Gasteiger partial charge in [0.2, 0.25) is 5.95 Å². The minimum absolute atomic E-state index is 0.0636. The predicted octanol–water partition coefficient (Wildman–Crippen LogP) is 5.10. The second-order valence-corrected chi connectivity index (χ2v) is 11.1. The summed E-state index contributed by atoms with van der Waals surface area (Å²) in [6.45, 7) is 3.14. The van der Waals surface area contributed by atoms with Gasteiger partial charge in [-0.05, 0) is 56.2 Å². The molecule has 1 saturated carbocycles. The Morgan fingerprint density at radius 3 is 2.51 bits per heavy atom. The summed E-state index contributed by atoms with van der Waals surface area (Å²) in [4.78, 5) is 19.7. The summed E-state index contributed by atoms with van der Waals surface area (Å²) in [5.74, 6) is -1.43. The van der Waals surface area contributed by atoms with Crippen molar-refractivity contribution in [2.75, 3.05) is 13.1 Å². The lowest BCUT2D eigenvalue weighted by Crippen LogP contribution is -2.55. The highest BCUT2D eigenvalue weighted by molar-refractivity contribution is 6.32. The highest BCUT2D eigenvalue weighted by Crippen LogP contribution is 2.54. The summed E-state index contributed by atoms with van der Waals surface area (Å²) in [5.41, 5.74) is 1.03. The molecule has 4 heterocycles. The number of amides is 1. The van der Waals surface area contributed by atoms with Crippen LogP contribution in [-0.4, -0.2) is 53.8 Å². The lowest BCUT2D eigenvalue weighted by molar-refractivity contribution is -0.134. The van der Waals surface area contributed by atoms with Gasteiger partial charge in [0.05, 0.1) is 11.2 Å². The van der Waals surface area contributed by atoms with Crippen LogP contribution in [0.2, 0.25) is 5.15 Å². The van der Waals surface area contributed by atoms with E-state index in [1.54, 1.807) is 35.8 Å². The van der Waals surface area contributed by atoms with Crippen molar-refractivity contribution in [2.24, 2.45) is 12.5 Å². The Morgan fingerprint density at radius 1 is 1.14 bits per heavy atom. The summed E-state index contributed by atoms with van der Waals surface area (Å²) >= 11 is 6.63. The van der Waals surface area contributed by atoms with Gasteiger partial charge in [-0.3, -0.25) is 13.9 Å². The van der Waals surface area contributed by atoms with Crippen LogP contribution < -0.4 is 0 Å². The van der Waals surface area contributed by atoms with Gasteiger partial charge in [-0.25, -0.2) is 9.37 Å². The van der Waals surface area contributed by atoms with Gasteiger partial charge in [0.1, 0.15) is 22.3 Å². The van der Waals surface area contributed by atoms with Gasteiger partial charge in [0.25, 0.3) is 5.91 Å². The first-order chi connectivity index (χ1) is 17.6. The highest BCUT2D eigenvalue weighted by Gasteiger charge is 2.52. The molecule has 2 aliphatic rings. The van der Waals surface area contributed by atoms with Gasteiger partial charge in [0.15, 0.2) is 0 Å². The van der Waals surface area contributed by atoms with Crippen LogP contribution in [-0.2, 0) is 7.05 Å². The molecule has 6 rings (SSSR count). The smallest absolute Gasteiger partial charge is 0.254 e. The summed E-state index contributed by atoms with van der Waals surface area (Å²) < 4.78 is 32.5. The molecule has 0 bridgehead atoms. The van der Waals surface area contributed by atoms with E-state index in [-0.39, 0.29) is 38.9 Å². The number of aryl methyl sites for hydroxylation is 1. The number of pyridine rings is 1. The number of aliphatic hydroxyl groups is 1. The molecule has 192 valence electrons. The molecule has 10 heteroatoms. The molecule has 1 N–H and O–H groups in total. The number of aromatic nitrogens is 4. The van der Waals surface area contributed by atoms with E-state index < -0.39 is 17.4 Å². The Bertz CT molecular complexity index is 1540. The first kappa shape index (κ1) is 24.1. The number of halogens is 3. The van der Waals surface area contributed by atoms with Gasteiger partial charge in [-0.15, -0.1) is 5.10 Å². The fourth-order valence-electron chi connectivity index (χ4n) is 6.22. The molecule has 1 spiro atoms.